The van der Waals surface area contributed by atoms with Crippen LogP contribution in [0.2, 0.25) is 0 Å². The quantitative estimate of drug-likeness (QED) is 0.706. The third-order valence-electron chi connectivity index (χ3n) is 3.38. The average molecular weight is 290 g/mol. The second kappa shape index (κ2) is 6.64. The molecule has 0 radical (unpaired) electrons. The molecule has 1 saturated carbocycles. The minimum atomic E-state index is 0. The topological polar surface area (TPSA) is 3.88 Å². The number of halogens is 1. The Bertz CT molecular complexity index is 279. The molecule has 0 atom stereocenters. The van der Waals surface area contributed by atoms with E-state index >= 15 is 0 Å². The third-order valence-corrected chi connectivity index (χ3v) is 4.24. The molecule has 0 amide bonds. The van der Waals surface area contributed by atoms with Gasteiger partial charge in [-0.15, -0.1) is 0 Å². The summed E-state index contributed by atoms with van der Waals surface area (Å²) in [5.41, 5.74) is 3.67. The SMILES string of the molecule is Cc1csc[n+]1CCC1CCCCC1.[Br-]. The molecule has 0 aromatic carbocycles. The van der Waals surface area contributed by atoms with Crippen molar-refractivity contribution >= 4 is 11.3 Å². The van der Waals surface area contributed by atoms with Crippen molar-refractivity contribution in [3.63, 3.8) is 0 Å². The van der Waals surface area contributed by atoms with Gasteiger partial charge in [0.2, 0.25) is 5.51 Å². The smallest absolute Gasteiger partial charge is 0.224 e. The maximum Gasteiger partial charge on any atom is 0.224 e. The van der Waals surface area contributed by atoms with Gasteiger partial charge in [-0.2, -0.15) is 4.57 Å². The Morgan fingerprint density at radius 3 is 2.67 bits per heavy atom. The summed E-state index contributed by atoms with van der Waals surface area (Å²) >= 11 is 1.82. The second-order valence-corrected chi connectivity index (χ2v) is 5.21. The van der Waals surface area contributed by atoms with Crippen molar-refractivity contribution in [1.29, 1.82) is 0 Å². The van der Waals surface area contributed by atoms with Crippen molar-refractivity contribution in [2.24, 2.45) is 5.92 Å². The van der Waals surface area contributed by atoms with Crippen molar-refractivity contribution < 1.29 is 21.5 Å². The van der Waals surface area contributed by atoms with E-state index in [0.29, 0.717) is 0 Å². The van der Waals surface area contributed by atoms with E-state index in [-0.39, 0.29) is 17.0 Å². The van der Waals surface area contributed by atoms with Crippen LogP contribution in [0, 0.1) is 12.8 Å². The van der Waals surface area contributed by atoms with E-state index in [2.05, 4.69) is 22.4 Å². The molecular formula is C12H20BrNS. The zero-order valence-corrected chi connectivity index (χ0v) is 11.8. The molecule has 3 heteroatoms. The first-order chi connectivity index (χ1) is 6.86. The van der Waals surface area contributed by atoms with E-state index in [0.717, 1.165) is 5.92 Å². The monoisotopic (exact) mass is 289 g/mol. The molecule has 1 aliphatic carbocycles. The van der Waals surface area contributed by atoms with Crippen LogP contribution in [0.15, 0.2) is 10.9 Å². The molecule has 1 aromatic heterocycles. The van der Waals surface area contributed by atoms with Gasteiger partial charge in [0.05, 0.1) is 5.38 Å². The standard InChI is InChI=1S/C12H20NS.BrH/c1-11-9-14-10-13(11)8-7-12-5-3-2-4-6-12;/h9-10,12H,2-8H2,1H3;1H/q+1;/p-1. The Morgan fingerprint density at radius 1 is 1.33 bits per heavy atom. The lowest BCUT2D eigenvalue weighted by molar-refractivity contribution is -0.699. The summed E-state index contributed by atoms with van der Waals surface area (Å²) in [5.74, 6) is 1.01. The molecule has 0 saturated heterocycles. The van der Waals surface area contributed by atoms with E-state index in [1.165, 1.54) is 50.8 Å². The third kappa shape index (κ3) is 3.87. The normalized spacial score (nSPS) is 17.4. The number of rotatable bonds is 3. The fourth-order valence-corrected chi connectivity index (χ4v) is 3.19. The van der Waals surface area contributed by atoms with Gasteiger partial charge in [0.25, 0.3) is 0 Å². The largest absolute Gasteiger partial charge is 1.00 e. The number of thiazole rings is 1. The highest BCUT2D eigenvalue weighted by molar-refractivity contribution is 7.07. The van der Waals surface area contributed by atoms with Crippen molar-refractivity contribution in [2.75, 3.05) is 0 Å². The summed E-state index contributed by atoms with van der Waals surface area (Å²) in [6.07, 6.45) is 8.76. The van der Waals surface area contributed by atoms with Gasteiger partial charge in [0.1, 0.15) is 6.54 Å². The summed E-state index contributed by atoms with van der Waals surface area (Å²) in [5, 5.41) is 2.24. The molecule has 0 spiro atoms. The van der Waals surface area contributed by atoms with E-state index in [1.807, 2.05) is 11.3 Å². The predicted molar refractivity (Wildman–Crippen MR) is 60.4 cm³/mol. The molecule has 86 valence electrons. The van der Waals surface area contributed by atoms with Crippen molar-refractivity contribution in [2.45, 2.75) is 52.0 Å². The Hall–Kier alpha value is 0.110. The summed E-state index contributed by atoms with van der Waals surface area (Å²) in [6.45, 7) is 3.44. The van der Waals surface area contributed by atoms with Crippen LogP contribution >= 0.6 is 11.3 Å². The van der Waals surface area contributed by atoms with Gasteiger partial charge < -0.3 is 17.0 Å². The molecule has 0 N–H and O–H groups in total. The molecule has 1 nitrogen and oxygen atoms in total. The Kier molecular flexibility index (Phi) is 5.83. The van der Waals surface area contributed by atoms with Gasteiger partial charge in [-0.1, -0.05) is 43.4 Å². The van der Waals surface area contributed by atoms with E-state index in [4.69, 9.17) is 0 Å². The molecule has 1 aromatic rings. The van der Waals surface area contributed by atoms with Gasteiger partial charge in [-0.05, 0) is 5.92 Å². The maximum atomic E-state index is 2.40. The maximum absolute atomic E-state index is 2.40. The summed E-state index contributed by atoms with van der Waals surface area (Å²) in [4.78, 5) is 0. The van der Waals surface area contributed by atoms with Crippen LogP contribution in [-0.2, 0) is 6.54 Å². The molecule has 0 aliphatic heterocycles. The van der Waals surface area contributed by atoms with Crippen LogP contribution in [0.5, 0.6) is 0 Å². The van der Waals surface area contributed by atoms with Crippen molar-refractivity contribution in [1.82, 2.24) is 0 Å². The summed E-state index contributed by atoms with van der Waals surface area (Å²) in [7, 11) is 0. The van der Waals surface area contributed by atoms with E-state index in [1.54, 1.807) is 0 Å². The number of hydrogen-bond acceptors (Lipinski definition) is 1. The number of hydrogen-bond donors (Lipinski definition) is 0. The van der Waals surface area contributed by atoms with Crippen LogP contribution < -0.4 is 21.5 Å². The molecule has 1 heterocycles. The average Bonchev–Trinajstić information content (AvgIpc) is 2.63. The van der Waals surface area contributed by atoms with Gasteiger partial charge >= 0.3 is 0 Å². The lowest BCUT2D eigenvalue weighted by atomic mass is 9.87. The molecule has 2 rings (SSSR count). The van der Waals surface area contributed by atoms with Gasteiger partial charge in [0.15, 0.2) is 5.69 Å². The van der Waals surface area contributed by atoms with Crippen LogP contribution in [0.4, 0.5) is 0 Å². The zero-order chi connectivity index (χ0) is 9.80. The fraction of sp³-hybridized carbons (Fsp3) is 0.750. The zero-order valence-electron chi connectivity index (χ0n) is 9.42. The lowest BCUT2D eigenvalue weighted by Gasteiger charge is -2.19. The Labute approximate surface area is 107 Å². The highest BCUT2D eigenvalue weighted by Crippen LogP contribution is 2.26. The first-order valence-electron chi connectivity index (χ1n) is 5.78. The van der Waals surface area contributed by atoms with Crippen molar-refractivity contribution in [3.8, 4) is 0 Å². The van der Waals surface area contributed by atoms with Crippen LogP contribution in [0.1, 0.15) is 44.2 Å². The van der Waals surface area contributed by atoms with Gasteiger partial charge in [-0.25, -0.2) is 0 Å². The highest BCUT2D eigenvalue weighted by atomic mass is 79.9. The molecule has 1 fully saturated rings. The molecule has 0 bridgehead atoms. The Morgan fingerprint density at radius 2 is 2.07 bits per heavy atom. The fourth-order valence-electron chi connectivity index (χ4n) is 2.38. The molecular weight excluding hydrogens is 270 g/mol. The molecule has 1 aliphatic rings. The first-order valence-corrected chi connectivity index (χ1v) is 6.73. The van der Waals surface area contributed by atoms with E-state index in [9.17, 15) is 0 Å². The first kappa shape index (κ1) is 13.2. The van der Waals surface area contributed by atoms with Gasteiger partial charge in [0, 0.05) is 13.3 Å². The summed E-state index contributed by atoms with van der Waals surface area (Å²) < 4.78 is 2.40. The van der Waals surface area contributed by atoms with Crippen LogP contribution in [-0.4, -0.2) is 0 Å². The minimum Gasteiger partial charge on any atom is -1.00 e. The highest BCUT2D eigenvalue weighted by Gasteiger charge is 2.16. The molecule has 15 heavy (non-hydrogen) atoms. The number of aryl methyl sites for hydroxylation is 2. The van der Waals surface area contributed by atoms with Gasteiger partial charge in [-0.3, -0.25) is 0 Å². The van der Waals surface area contributed by atoms with Crippen molar-refractivity contribution in [3.05, 3.63) is 16.6 Å². The number of aromatic nitrogens is 1. The summed E-state index contributed by atoms with van der Waals surface area (Å²) in [6, 6.07) is 0. The van der Waals surface area contributed by atoms with E-state index < -0.39 is 0 Å². The molecule has 0 unspecified atom stereocenters. The predicted octanol–water partition coefficient (Wildman–Crippen LogP) is 0.318. The lowest BCUT2D eigenvalue weighted by Crippen LogP contribution is -3.00. The second-order valence-electron chi connectivity index (χ2n) is 4.49. The van der Waals surface area contributed by atoms with Crippen LogP contribution in [0.25, 0.3) is 0 Å². The minimum absolute atomic E-state index is 0. The number of nitrogens with zero attached hydrogens (tertiary/aromatic N) is 1. The van der Waals surface area contributed by atoms with Crippen LogP contribution in [0.3, 0.4) is 0 Å². The Balaban J connectivity index is 0.00000112.